The maximum absolute atomic E-state index is 12.2. The van der Waals surface area contributed by atoms with Gasteiger partial charge in [-0.1, -0.05) is 15.9 Å². The number of benzene rings is 1. The highest BCUT2D eigenvalue weighted by atomic mass is 79.9. The number of rotatable bonds is 3. The van der Waals surface area contributed by atoms with E-state index in [1.54, 1.807) is 12.1 Å². The Morgan fingerprint density at radius 3 is 2.84 bits per heavy atom. The molecule has 1 aromatic rings. The van der Waals surface area contributed by atoms with Crippen molar-refractivity contribution < 1.29 is 18.3 Å². The number of hydrogen-bond donors (Lipinski definition) is 2. The zero-order valence-electron chi connectivity index (χ0n) is 10.5. The summed E-state index contributed by atoms with van der Waals surface area (Å²) in [4.78, 5) is 0.186. The molecule has 0 radical (unpaired) electrons. The van der Waals surface area contributed by atoms with Gasteiger partial charge in [0.1, 0.15) is 0 Å². The Morgan fingerprint density at radius 2 is 2.21 bits per heavy atom. The molecule has 106 valence electrons. The predicted molar refractivity (Wildman–Crippen MR) is 74.4 cm³/mol. The smallest absolute Gasteiger partial charge is 0.240 e. The van der Waals surface area contributed by atoms with Gasteiger partial charge in [-0.15, -0.1) is 0 Å². The molecule has 1 fully saturated rings. The van der Waals surface area contributed by atoms with Gasteiger partial charge in [-0.05, 0) is 37.1 Å². The van der Waals surface area contributed by atoms with Crippen LogP contribution in [0.2, 0.25) is 0 Å². The summed E-state index contributed by atoms with van der Waals surface area (Å²) < 4.78 is 33.0. The van der Waals surface area contributed by atoms with Crippen molar-refractivity contribution in [3.05, 3.63) is 28.2 Å². The van der Waals surface area contributed by atoms with Crippen LogP contribution in [0.3, 0.4) is 0 Å². The topological polar surface area (TPSA) is 75.6 Å². The van der Waals surface area contributed by atoms with Crippen LogP contribution in [0, 0.1) is 6.92 Å². The van der Waals surface area contributed by atoms with Crippen molar-refractivity contribution in [2.24, 2.45) is 0 Å². The SMILES string of the molecule is Cc1cc(S(=O)(=O)N[C@@H]2COCC[C@H]2O)ccc1Br. The molecular weight excluding hydrogens is 334 g/mol. The third-order valence-electron chi connectivity index (χ3n) is 3.07. The number of halogens is 1. The molecule has 1 aliphatic rings. The molecule has 19 heavy (non-hydrogen) atoms. The second kappa shape index (κ2) is 5.88. The van der Waals surface area contributed by atoms with Crippen molar-refractivity contribution in [2.45, 2.75) is 30.4 Å². The average Bonchev–Trinajstić information content (AvgIpc) is 2.35. The lowest BCUT2D eigenvalue weighted by Gasteiger charge is -2.28. The first-order valence-corrected chi connectivity index (χ1v) is 8.22. The fourth-order valence-electron chi connectivity index (χ4n) is 1.89. The van der Waals surface area contributed by atoms with E-state index in [-0.39, 0.29) is 11.5 Å². The summed E-state index contributed by atoms with van der Waals surface area (Å²) in [7, 11) is -3.64. The summed E-state index contributed by atoms with van der Waals surface area (Å²) in [6.45, 7) is 2.47. The summed E-state index contributed by atoms with van der Waals surface area (Å²) in [5.41, 5.74) is 0.836. The molecule has 2 atom stereocenters. The normalized spacial score (nSPS) is 24.4. The first-order chi connectivity index (χ1) is 8.90. The molecule has 0 spiro atoms. The molecule has 2 rings (SSSR count). The summed E-state index contributed by atoms with van der Waals surface area (Å²) >= 11 is 3.33. The number of aliphatic hydroxyl groups is 1. The van der Waals surface area contributed by atoms with E-state index in [9.17, 15) is 13.5 Å². The van der Waals surface area contributed by atoms with E-state index in [0.717, 1.165) is 10.0 Å². The number of sulfonamides is 1. The summed E-state index contributed by atoms with van der Waals surface area (Å²) in [5, 5.41) is 9.76. The number of hydrogen-bond acceptors (Lipinski definition) is 4. The van der Waals surface area contributed by atoms with Crippen molar-refractivity contribution in [3.63, 3.8) is 0 Å². The Bertz CT molecular complexity index is 561. The predicted octanol–water partition coefficient (Wildman–Crippen LogP) is 1.19. The van der Waals surface area contributed by atoms with E-state index in [1.165, 1.54) is 6.07 Å². The van der Waals surface area contributed by atoms with Gasteiger partial charge in [0.2, 0.25) is 10.0 Å². The van der Waals surface area contributed by atoms with Gasteiger partial charge in [0, 0.05) is 11.1 Å². The zero-order chi connectivity index (χ0) is 14.0. The highest BCUT2D eigenvalue weighted by Gasteiger charge is 2.28. The van der Waals surface area contributed by atoms with Crippen LogP contribution in [0.1, 0.15) is 12.0 Å². The van der Waals surface area contributed by atoms with Gasteiger partial charge in [0.05, 0.1) is 23.6 Å². The molecule has 1 saturated heterocycles. The Balaban J connectivity index is 2.19. The minimum Gasteiger partial charge on any atom is -0.391 e. The van der Waals surface area contributed by atoms with Gasteiger partial charge in [-0.3, -0.25) is 0 Å². The quantitative estimate of drug-likeness (QED) is 0.859. The molecule has 5 nitrogen and oxygen atoms in total. The van der Waals surface area contributed by atoms with Crippen LogP contribution in [0.4, 0.5) is 0 Å². The fourth-order valence-corrected chi connectivity index (χ4v) is 3.48. The molecule has 0 bridgehead atoms. The van der Waals surface area contributed by atoms with Crippen molar-refractivity contribution in [2.75, 3.05) is 13.2 Å². The Morgan fingerprint density at radius 1 is 1.47 bits per heavy atom. The summed E-state index contributed by atoms with van der Waals surface area (Å²) in [5.74, 6) is 0. The fraction of sp³-hybridized carbons (Fsp3) is 0.500. The largest absolute Gasteiger partial charge is 0.391 e. The highest BCUT2D eigenvalue weighted by Crippen LogP contribution is 2.20. The maximum Gasteiger partial charge on any atom is 0.240 e. The molecule has 0 aliphatic carbocycles. The summed E-state index contributed by atoms with van der Waals surface area (Å²) in [6.07, 6.45) is -0.271. The first-order valence-electron chi connectivity index (χ1n) is 5.94. The Labute approximate surface area is 121 Å². The van der Waals surface area contributed by atoms with Gasteiger partial charge in [0.15, 0.2) is 0 Å². The molecule has 1 aromatic carbocycles. The second-order valence-electron chi connectivity index (χ2n) is 4.57. The van der Waals surface area contributed by atoms with Gasteiger partial charge < -0.3 is 9.84 Å². The van der Waals surface area contributed by atoms with E-state index in [4.69, 9.17) is 4.74 Å². The third-order valence-corrected chi connectivity index (χ3v) is 5.44. The molecule has 1 aliphatic heterocycles. The highest BCUT2D eigenvalue weighted by molar-refractivity contribution is 9.10. The monoisotopic (exact) mass is 349 g/mol. The van der Waals surface area contributed by atoms with Crippen molar-refractivity contribution >= 4 is 26.0 Å². The van der Waals surface area contributed by atoms with E-state index >= 15 is 0 Å². The van der Waals surface area contributed by atoms with Crippen molar-refractivity contribution in [3.8, 4) is 0 Å². The van der Waals surface area contributed by atoms with Crippen LogP contribution < -0.4 is 4.72 Å². The van der Waals surface area contributed by atoms with Crippen molar-refractivity contribution in [1.29, 1.82) is 0 Å². The average molecular weight is 350 g/mol. The summed E-state index contributed by atoms with van der Waals surface area (Å²) in [6, 6.07) is 4.21. The van der Waals surface area contributed by atoms with Gasteiger partial charge >= 0.3 is 0 Å². The Hall–Kier alpha value is -0.470. The third kappa shape index (κ3) is 3.55. The van der Waals surface area contributed by atoms with Crippen molar-refractivity contribution in [1.82, 2.24) is 4.72 Å². The molecule has 0 aromatic heterocycles. The number of aryl methyl sites for hydroxylation is 1. The minimum absolute atomic E-state index is 0.186. The van der Waals surface area contributed by atoms with Crippen LogP contribution in [-0.4, -0.2) is 38.9 Å². The first kappa shape index (κ1) is 14.9. The van der Waals surface area contributed by atoms with Crippen LogP contribution in [0.25, 0.3) is 0 Å². The van der Waals surface area contributed by atoms with Crippen LogP contribution >= 0.6 is 15.9 Å². The molecular formula is C12H16BrNO4S. The van der Waals surface area contributed by atoms with Gasteiger partial charge in [0.25, 0.3) is 0 Å². The second-order valence-corrected chi connectivity index (χ2v) is 7.14. The van der Waals surface area contributed by atoms with Gasteiger partial charge in [-0.25, -0.2) is 13.1 Å². The van der Waals surface area contributed by atoms with E-state index < -0.39 is 22.2 Å². The number of ether oxygens (including phenoxy) is 1. The van der Waals surface area contributed by atoms with E-state index in [2.05, 4.69) is 20.7 Å². The lowest BCUT2D eigenvalue weighted by atomic mass is 10.1. The molecule has 1 heterocycles. The van der Waals surface area contributed by atoms with E-state index in [1.807, 2.05) is 6.92 Å². The molecule has 0 unspecified atom stereocenters. The van der Waals surface area contributed by atoms with Crippen LogP contribution in [0.15, 0.2) is 27.6 Å². The lowest BCUT2D eigenvalue weighted by Crippen LogP contribution is -2.49. The molecule has 0 saturated carbocycles. The molecule has 7 heteroatoms. The zero-order valence-corrected chi connectivity index (χ0v) is 12.9. The van der Waals surface area contributed by atoms with Crippen LogP contribution in [-0.2, 0) is 14.8 Å². The van der Waals surface area contributed by atoms with E-state index in [0.29, 0.717) is 13.0 Å². The number of nitrogens with one attached hydrogen (secondary N) is 1. The van der Waals surface area contributed by atoms with Gasteiger partial charge in [-0.2, -0.15) is 0 Å². The minimum atomic E-state index is -3.64. The maximum atomic E-state index is 12.2. The standard InChI is InChI=1S/C12H16BrNO4S/c1-8-6-9(2-3-10(8)13)19(16,17)14-11-7-18-5-4-12(11)15/h2-3,6,11-12,14-15H,4-5,7H2,1H3/t11-,12-/m1/s1. The Kier molecular flexibility index (Phi) is 4.62. The lowest BCUT2D eigenvalue weighted by molar-refractivity contribution is -0.00841. The molecule has 0 amide bonds. The van der Waals surface area contributed by atoms with Crippen LogP contribution in [0.5, 0.6) is 0 Å². The molecule has 2 N–H and O–H groups in total. The number of aliphatic hydroxyl groups excluding tert-OH is 1.